The summed E-state index contributed by atoms with van der Waals surface area (Å²) in [7, 11) is 0. The van der Waals surface area contributed by atoms with Crippen molar-refractivity contribution in [3.05, 3.63) is 48.0 Å². The van der Waals surface area contributed by atoms with E-state index in [2.05, 4.69) is 4.98 Å². The van der Waals surface area contributed by atoms with E-state index >= 15 is 0 Å². The SMILES string of the molecule is CCOC(=O)Cn1c(=O)c(=O)[nH]c2cc(Cl)c([N+](=O)[O-])cc21. The Morgan fingerprint density at radius 1 is 1.45 bits per heavy atom. The van der Waals surface area contributed by atoms with E-state index in [1.807, 2.05) is 0 Å². The first kappa shape index (κ1) is 15.7. The maximum atomic E-state index is 11.9. The van der Waals surface area contributed by atoms with E-state index in [0.29, 0.717) is 0 Å². The molecular formula is C12H10ClN3O6. The number of fused-ring (bicyclic) bond motifs is 1. The molecule has 10 heteroatoms. The second kappa shape index (κ2) is 5.98. The molecule has 0 radical (unpaired) electrons. The lowest BCUT2D eigenvalue weighted by Crippen LogP contribution is -2.38. The molecule has 0 aliphatic rings. The third-order valence-corrected chi connectivity index (χ3v) is 3.14. The van der Waals surface area contributed by atoms with E-state index in [9.17, 15) is 24.5 Å². The van der Waals surface area contributed by atoms with Gasteiger partial charge in [0.25, 0.3) is 5.69 Å². The number of carbonyl (C=O) groups is 1. The summed E-state index contributed by atoms with van der Waals surface area (Å²) in [5.41, 5.74) is -2.32. The summed E-state index contributed by atoms with van der Waals surface area (Å²) in [6.07, 6.45) is 0. The van der Waals surface area contributed by atoms with Gasteiger partial charge in [0.1, 0.15) is 11.6 Å². The van der Waals surface area contributed by atoms with Crippen LogP contribution in [0, 0.1) is 10.1 Å². The van der Waals surface area contributed by atoms with Crippen molar-refractivity contribution in [2.24, 2.45) is 0 Å². The number of aromatic amines is 1. The lowest BCUT2D eigenvalue weighted by Gasteiger charge is -2.09. The largest absolute Gasteiger partial charge is 0.465 e. The lowest BCUT2D eigenvalue weighted by atomic mass is 10.2. The number of nitrogens with zero attached hydrogens (tertiary/aromatic N) is 2. The van der Waals surface area contributed by atoms with E-state index in [1.165, 1.54) is 0 Å². The Labute approximate surface area is 127 Å². The van der Waals surface area contributed by atoms with Crippen molar-refractivity contribution in [2.75, 3.05) is 6.61 Å². The number of esters is 1. The van der Waals surface area contributed by atoms with Crippen LogP contribution in [-0.2, 0) is 16.1 Å². The molecule has 0 saturated carbocycles. The molecule has 22 heavy (non-hydrogen) atoms. The molecule has 0 saturated heterocycles. The molecule has 1 heterocycles. The van der Waals surface area contributed by atoms with Crippen molar-refractivity contribution in [2.45, 2.75) is 13.5 Å². The quantitative estimate of drug-likeness (QED) is 0.383. The molecule has 0 spiro atoms. The van der Waals surface area contributed by atoms with Crippen LogP contribution in [0.4, 0.5) is 5.69 Å². The summed E-state index contributed by atoms with van der Waals surface area (Å²) in [6, 6.07) is 2.17. The first-order valence-electron chi connectivity index (χ1n) is 6.11. The second-order valence-corrected chi connectivity index (χ2v) is 4.64. The number of ether oxygens (including phenoxy) is 1. The van der Waals surface area contributed by atoms with Crippen LogP contribution >= 0.6 is 11.6 Å². The second-order valence-electron chi connectivity index (χ2n) is 4.23. The number of aromatic nitrogens is 2. The minimum absolute atomic E-state index is 0.00810. The summed E-state index contributed by atoms with van der Waals surface area (Å²) >= 11 is 5.76. The number of halogens is 1. The van der Waals surface area contributed by atoms with Gasteiger partial charge in [-0.25, -0.2) is 0 Å². The third kappa shape index (κ3) is 2.84. The molecule has 0 unspecified atom stereocenters. The van der Waals surface area contributed by atoms with E-state index in [4.69, 9.17) is 16.3 Å². The van der Waals surface area contributed by atoms with Crippen LogP contribution in [0.1, 0.15) is 6.92 Å². The third-order valence-electron chi connectivity index (χ3n) is 2.83. The number of hydrogen-bond donors (Lipinski definition) is 1. The average molecular weight is 328 g/mol. The number of carbonyl (C=O) groups excluding carboxylic acids is 1. The highest BCUT2D eigenvalue weighted by Gasteiger charge is 2.18. The summed E-state index contributed by atoms with van der Waals surface area (Å²) in [4.78, 5) is 47.5. The van der Waals surface area contributed by atoms with Crippen molar-refractivity contribution < 1.29 is 14.5 Å². The maximum Gasteiger partial charge on any atom is 0.326 e. The lowest BCUT2D eigenvalue weighted by molar-refractivity contribution is -0.384. The minimum atomic E-state index is -1.02. The molecule has 1 N–H and O–H groups in total. The fourth-order valence-electron chi connectivity index (χ4n) is 1.91. The molecule has 9 nitrogen and oxygen atoms in total. The zero-order chi connectivity index (χ0) is 16.4. The molecular weight excluding hydrogens is 318 g/mol. The number of benzene rings is 1. The van der Waals surface area contributed by atoms with Gasteiger partial charge in [0.2, 0.25) is 0 Å². The molecule has 0 atom stereocenters. The molecule has 116 valence electrons. The van der Waals surface area contributed by atoms with Crippen LogP contribution in [-0.4, -0.2) is 27.1 Å². The molecule has 0 amide bonds. The highest BCUT2D eigenvalue weighted by molar-refractivity contribution is 6.33. The van der Waals surface area contributed by atoms with Gasteiger partial charge in [0, 0.05) is 6.07 Å². The van der Waals surface area contributed by atoms with Gasteiger partial charge in [-0.3, -0.25) is 29.1 Å². The number of rotatable bonds is 4. The Kier molecular flexibility index (Phi) is 4.27. The average Bonchev–Trinajstić information content (AvgIpc) is 2.43. The van der Waals surface area contributed by atoms with Gasteiger partial charge in [0.15, 0.2) is 0 Å². The Balaban J connectivity index is 2.76. The molecule has 1 aromatic heterocycles. The minimum Gasteiger partial charge on any atom is -0.465 e. The first-order valence-corrected chi connectivity index (χ1v) is 6.49. The predicted octanol–water partition coefficient (Wildman–Crippen LogP) is 0.815. The van der Waals surface area contributed by atoms with Crippen molar-refractivity contribution in [3.8, 4) is 0 Å². The molecule has 0 fully saturated rings. The van der Waals surface area contributed by atoms with Crippen molar-refractivity contribution >= 4 is 34.3 Å². The molecule has 0 bridgehead atoms. The number of nitro groups is 1. The smallest absolute Gasteiger partial charge is 0.326 e. The Bertz CT molecular complexity index is 885. The van der Waals surface area contributed by atoms with Crippen LogP contribution in [0.5, 0.6) is 0 Å². The summed E-state index contributed by atoms with van der Waals surface area (Å²) in [6.45, 7) is 1.15. The fraction of sp³-hybridized carbons (Fsp3) is 0.250. The number of hydrogen-bond acceptors (Lipinski definition) is 6. The van der Waals surface area contributed by atoms with Crippen LogP contribution in [0.2, 0.25) is 5.02 Å². The predicted molar refractivity (Wildman–Crippen MR) is 77.1 cm³/mol. The van der Waals surface area contributed by atoms with Gasteiger partial charge in [-0.05, 0) is 13.0 Å². The molecule has 1 aromatic carbocycles. The molecule has 0 aliphatic heterocycles. The van der Waals surface area contributed by atoms with Crippen LogP contribution in [0.25, 0.3) is 11.0 Å². The van der Waals surface area contributed by atoms with Gasteiger partial charge in [-0.2, -0.15) is 0 Å². The van der Waals surface area contributed by atoms with Gasteiger partial charge in [-0.15, -0.1) is 0 Å². The first-order chi connectivity index (χ1) is 10.3. The van der Waals surface area contributed by atoms with Crippen LogP contribution in [0.15, 0.2) is 21.7 Å². The fourth-order valence-corrected chi connectivity index (χ4v) is 2.15. The zero-order valence-corrected chi connectivity index (χ0v) is 12.0. The summed E-state index contributed by atoms with van der Waals surface area (Å²) in [5.74, 6) is -0.742. The standard InChI is InChI=1S/C12H10ClN3O6/c1-2-22-10(17)5-15-9-4-8(16(20)21)6(13)3-7(9)14-11(18)12(15)19/h3-4H,2,5H2,1H3,(H,14,18). The van der Waals surface area contributed by atoms with Crippen LogP contribution < -0.4 is 11.1 Å². The van der Waals surface area contributed by atoms with Gasteiger partial charge < -0.3 is 9.72 Å². The van der Waals surface area contributed by atoms with Crippen molar-refractivity contribution in [3.63, 3.8) is 0 Å². The summed E-state index contributed by atoms with van der Waals surface area (Å²) in [5, 5.41) is 10.7. The van der Waals surface area contributed by atoms with E-state index < -0.39 is 34.2 Å². The highest BCUT2D eigenvalue weighted by Crippen LogP contribution is 2.27. The van der Waals surface area contributed by atoms with Gasteiger partial charge >= 0.3 is 17.1 Å². The summed E-state index contributed by atoms with van der Waals surface area (Å²) < 4.78 is 5.54. The normalized spacial score (nSPS) is 10.6. The number of H-pyrrole nitrogens is 1. The van der Waals surface area contributed by atoms with Gasteiger partial charge in [0.05, 0.1) is 22.6 Å². The number of nitro benzene ring substituents is 1. The van der Waals surface area contributed by atoms with Gasteiger partial charge in [-0.1, -0.05) is 11.6 Å². The number of nitrogens with one attached hydrogen (secondary N) is 1. The van der Waals surface area contributed by atoms with Crippen LogP contribution in [0.3, 0.4) is 0 Å². The molecule has 2 rings (SSSR count). The van der Waals surface area contributed by atoms with Crippen molar-refractivity contribution in [1.82, 2.24) is 9.55 Å². The zero-order valence-electron chi connectivity index (χ0n) is 11.3. The molecule has 0 aliphatic carbocycles. The van der Waals surface area contributed by atoms with E-state index in [0.717, 1.165) is 16.7 Å². The van der Waals surface area contributed by atoms with E-state index in [1.54, 1.807) is 6.92 Å². The maximum absolute atomic E-state index is 11.9. The Hall–Kier alpha value is -2.68. The van der Waals surface area contributed by atoms with E-state index in [-0.39, 0.29) is 22.7 Å². The van der Waals surface area contributed by atoms with Crippen molar-refractivity contribution in [1.29, 1.82) is 0 Å². The topological polar surface area (TPSA) is 124 Å². The molecule has 2 aromatic rings. The monoisotopic (exact) mass is 327 g/mol. The highest BCUT2D eigenvalue weighted by atomic mass is 35.5. The Morgan fingerprint density at radius 3 is 2.73 bits per heavy atom. The Morgan fingerprint density at radius 2 is 2.14 bits per heavy atom.